The van der Waals surface area contributed by atoms with E-state index in [9.17, 15) is 4.79 Å². The highest BCUT2D eigenvalue weighted by atomic mass is 16.5. The van der Waals surface area contributed by atoms with Crippen LogP contribution in [0.5, 0.6) is 5.75 Å². The Bertz CT molecular complexity index is 991. The number of nitrogens with zero attached hydrogens (tertiary/aromatic N) is 4. The molecule has 1 N–H and O–H groups in total. The van der Waals surface area contributed by atoms with E-state index in [4.69, 9.17) is 4.74 Å². The van der Waals surface area contributed by atoms with Gasteiger partial charge in [-0.05, 0) is 62.1 Å². The molecule has 0 bridgehead atoms. The lowest BCUT2D eigenvalue weighted by molar-refractivity contribution is 0.102. The molecule has 3 aromatic rings. The van der Waals surface area contributed by atoms with Crippen molar-refractivity contribution in [2.24, 2.45) is 0 Å². The largest absolute Gasteiger partial charge is 0.494 e. The topological polar surface area (TPSA) is 72.3 Å². The van der Waals surface area contributed by atoms with Crippen molar-refractivity contribution in [2.75, 3.05) is 30.4 Å². The highest BCUT2D eigenvalue weighted by molar-refractivity contribution is 6.02. The number of amides is 1. The Hall–Kier alpha value is -3.35. The molecule has 7 nitrogen and oxygen atoms in total. The standard InChI is InChI=1S/C22H25N5O2/c1-16-6-8-20(29-2)19(14-16)27-13-10-18(25-27)22(28)24-21-9-7-17(15-23-21)26-11-4-3-5-12-26/h6-10,13-15H,3-5,11-12H2,1-2H3,(H,23,24,28). The molecule has 1 aliphatic rings. The molecule has 0 atom stereocenters. The summed E-state index contributed by atoms with van der Waals surface area (Å²) < 4.78 is 7.05. The minimum atomic E-state index is -0.298. The van der Waals surface area contributed by atoms with Crippen LogP contribution in [0.15, 0.2) is 48.8 Å². The molecule has 7 heteroatoms. The molecule has 0 unspecified atom stereocenters. The molecule has 4 rings (SSSR count). The van der Waals surface area contributed by atoms with Crippen LogP contribution in [0.1, 0.15) is 35.3 Å². The van der Waals surface area contributed by atoms with Gasteiger partial charge in [-0.25, -0.2) is 9.67 Å². The van der Waals surface area contributed by atoms with Crippen LogP contribution in [-0.2, 0) is 0 Å². The average molecular weight is 391 g/mol. The molecular formula is C22H25N5O2. The van der Waals surface area contributed by atoms with E-state index < -0.39 is 0 Å². The summed E-state index contributed by atoms with van der Waals surface area (Å²) in [5.41, 5.74) is 3.28. The zero-order valence-electron chi connectivity index (χ0n) is 16.8. The number of hydrogen-bond acceptors (Lipinski definition) is 5. The first-order valence-electron chi connectivity index (χ1n) is 9.87. The minimum absolute atomic E-state index is 0.298. The van der Waals surface area contributed by atoms with E-state index in [2.05, 4.69) is 20.3 Å². The summed E-state index contributed by atoms with van der Waals surface area (Å²) in [6, 6.07) is 11.3. The zero-order chi connectivity index (χ0) is 20.2. The third-order valence-electron chi connectivity index (χ3n) is 5.11. The van der Waals surface area contributed by atoms with Gasteiger partial charge in [0.15, 0.2) is 5.69 Å². The Morgan fingerprint density at radius 1 is 1.10 bits per heavy atom. The number of aryl methyl sites for hydroxylation is 1. The van der Waals surface area contributed by atoms with Crippen LogP contribution in [-0.4, -0.2) is 40.9 Å². The highest BCUT2D eigenvalue weighted by Gasteiger charge is 2.15. The predicted octanol–water partition coefficient (Wildman–Crippen LogP) is 3.83. The van der Waals surface area contributed by atoms with Crippen molar-refractivity contribution in [1.29, 1.82) is 0 Å². The summed E-state index contributed by atoms with van der Waals surface area (Å²) in [6.07, 6.45) is 7.29. The van der Waals surface area contributed by atoms with Gasteiger partial charge in [-0.3, -0.25) is 4.79 Å². The number of carbonyl (C=O) groups is 1. The van der Waals surface area contributed by atoms with E-state index in [1.165, 1.54) is 19.3 Å². The quantitative estimate of drug-likeness (QED) is 0.716. The Morgan fingerprint density at radius 3 is 2.66 bits per heavy atom. The van der Waals surface area contributed by atoms with E-state index in [1.807, 2.05) is 43.5 Å². The van der Waals surface area contributed by atoms with Crippen LogP contribution in [0.25, 0.3) is 5.69 Å². The van der Waals surface area contributed by atoms with Gasteiger partial charge in [-0.15, -0.1) is 0 Å². The normalized spacial score (nSPS) is 13.9. The van der Waals surface area contributed by atoms with Gasteiger partial charge in [0.1, 0.15) is 17.3 Å². The number of pyridine rings is 1. The third kappa shape index (κ3) is 4.23. The maximum absolute atomic E-state index is 12.6. The van der Waals surface area contributed by atoms with Crippen molar-refractivity contribution in [1.82, 2.24) is 14.8 Å². The van der Waals surface area contributed by atoms with E-state index in [0.29, 0.717) is 17.3 Å². The number of rotatable bonds is 5. The van der Waals surface area contributed by atoms with Gasteiger partial charge in [-0.1, -0.05) is 6.07 Å². The maximum atomic E-state index is 12.6. The number of nitrogens with one attached hydrogen (secondary N) is 1. The number of carbonyl (C=O) groups excluding carboxylic acids is 1. The van der Waals surface area contributed by atoms with Crippen LogP contribution >= 0.6 is 0 Å². The average Bonchev–Trinajstić information content (AvgIpc) is 3.25. The van der Waals surface area contributed by atoms with Gasteiger partial charge in [0.2, 0.25) is 0 Å². The highest BCUT2D eigenvalue weighted by Crippen LogP contribution is 2.24. The Morgan fingerprint density at radius 2 is 1.93 bits per heavy atom. The lowest BCUT2D eigenvalue weighted by Crippen LogP contribution is -2.29. The van der Waals surface area contributed by atoms with Crippen LogP contribution in [0.2, 0.25) is 0 Å². The molecule has 0 radical (unpaired) electrons. The number of ether oxygens (including phenoxy) is 1. The fourth-order valence-electron chi connectivity index (χ4n) is 3.54. The second-order valence-corrected chi connectivity index (χ2v) is 7.22. The fourth-order valence-corrected chi connectivity index (χ4v) is 3.54. The summed E-state index contributed by atoms with van der Waals surface area (Å²) in [7, 11) is 1.62. The summed E-state index contributed by atoms with van der Waals surface area (Å²) in [6.45, 7) is 4.12. The number of anilines is 2. The van der Waals surface area contributed by atoms with Gasteiger partial charge < -0.3 is 15.0 Å². The van der Waals surface area contributed by atoms with Crippen molar-refractivity contribution in [3.05, 3.63) is 60.0 Å². The molecule has 1 fully saturated rings. The lowest BCUT2D eigenvalue weighted by Gasteiger charge is -2.28. The van der Waals surface area contributed by atoms with Crippen molar-refractivity contribution in [3.63, 3.8) is 0 Å². The van der Waals surface area contributed by atoms with E-state index in [-0.39, 0.29) is 5.91 Å². The number of hydrogen-bond donors (Lipinski definition) is 1. The van der Waals surface area contributed by atoms with E-state index in [1.54, 1.807) is 24.1 Å². The van der Waals surface area contributed by atoms with Crippen LogP contribution in [0, 0.1) is 6.92 Å². The van der Waals surface area contributed by atoms with Crippen LogP contribution in [0.4, 0.5) is 11.5 Å². The summed E-state index contributed by atoms with van der Waals surface area (Å²) in [5, 5.41) is 7.22. The number of aromatic nitrogens is 3. The van der Waals surface area contributed by atoms with Gasteiger partial charge in [-0.2, -0.15) is 5.10 Å². The lowest BCUT2D eigenvalue weighted by atomic mass is 10.1. The second-order valence-electron chi connectivity index (χ2n) is 7.22. The SMILES string of the molecule is COc1ccc(C)cc1-n1ccc(C(=O)Nc2ccc(N3CCCCC3)cn2)n1. The molecule has 1 amide bonds. The van der Waals surface area contributed by atoms with Crippen molar-refractivity contribution in [3.8, 4) is 11.4 Å². The van der Waals surface area contributed by atoms with Crippen LogP contribution in [0.3, 0.4) is 0 Å². The number of benzene rings is 1. The molecule has 0 spiro atoms. The maximum Gasteiger partial charge on any atom is 0.277 e. The van der Waals surface area contributed by atoms with Crippen molar-refractivity contribution >= 4 is 17.4 Å². The van der Waals surface area contributed by atoms with Crippen molar-refractivity contribution < 1.29 is 9.53 Å². The first-order valence-corrected chi connectivity index (χ1v) is 9.87. The van der Waals surface area contributed by atoms with Crippen molar-refractivity contribution in [2.45, 2.75) is 26.2 Å². The number of methoxy groups -OCH3 is 1. The first kappa shape index (κ1) is 19.0. The summed E-state index contributed by atoms with van der Waals surface area (Å²) in [4.78, 5) is 19.3. The summed E-state index contributed by atoms with van der Waals surface area (Å²) >= 11 is 0. The molecule has 2 aromatic heterocycles. The zero-order valence-corrected chi connectivity index (χ0v) is 16.8. The Balaban J connectivity index is 1.46. The summed E-state index contributed by atoms with van der Waals surface area (Å²) in [5.74, 6) is 0.910. The predicted molar refractivity (Wildman–Crippen MR) is 113 cm³/mol. The van der Waals surface area contributed by atoms with E-state index >= 15 is 0 Å². The Labute approximate surface area is 170 Å². The van der Waals surface area contributed by atoms with Gasteiger partial charge >= 0.3 is 0 Å². The molecule has 0 saturated carbocycles. The molecule has 1 aromatic carbocycles. The second kappa shape index (κ2) is 8.34. The van der Waals surface area contributed by atoms with Crippen LogP contribution < -0.4 is 15.0 Å². The van der Waals surface area contributed by atoms with Gasteiger partial charge in [0, 0.05) is 19.3 Å². The molecule has 150 valence electrons. The number of piperidine rings is 1. The molecule has 3 heterocycles. The van der Waals surface area contributed by atoms with Gasteiger partial charge in [0.25, 0.3) is 5.91 Å². The van der Waals surface area contributed by atoms with Gasteiger partial charge in [0.05, 0.1) is 19.0 Å². The third-order valence-corrected chi connectivity index (χ3v) is 5.11. The smallest absolute Gasteiger partial charge is 0.277 e. The molecular weight excluding hydrogens is 366 g/mol. The Kier molecular flexibility index (Phi) is 5.46. The fraction of sp³-hybridized carbons (Fsp3) is 0.318. The monoisotopic (exact) mass is 391 g/mol. The molecule has 29 heavy (non-hydrogen) atoms. The van der Waals surface area contributed by atoms with E-state index in [0.717, 1.165) is 30.0 Å². The first-order chi connectivity index (χ1) is 14.1. The molecule has 1 saturated heterocycles. The minimum Gasteiger partial charge on any atom is -0.494 e. The molecule has 1 aliphatic heterocycles. The molecule has 0 aliphatic carbocycles.